The summed E-state index contributed by atoms with van der Waals surface area (Å²) >= 11 is 0. The minimum atomic E-state index is 0. The van der Waals surface area contributed by atoms with Gasteiger partial charge >= 0.3 is 29.6 Å². The second-order valence-electron chi connectivity index (χ2n) is 0.908. The molecular formula is C3H7MnNaO. The minimum absolute atomic E-state index is 0. The number of ketones is 1. The molecule has 0 bridgehead atoms. The fraction of sp³-hybridized carbons (Fsp3) is 0.667. The van der Waals surface area contributed by atoms with Crippen molar-refractivity contribution < 1.29 is 21.9 Å². The van der Waals surface area contributed by atoms with Crippen molar-refractivity contribution in [1.82, 2.24) is 0 Å². The fourth-order valence-electron chi connectivity index (χ4n) is 0. The molecule has 0 aromatic rings. The van der Waals surface area contributed by atoms with Crippen LogP contribution < -0.4 is 0 Å². The standard InChI is InChI=1S/C3H6O.Mn.Na.H/c1-3(2)4;;;/h1-2H3;;;. The molecule has 1 radical (unpaired) electrons. The average molecular weight is 137 g/mol. The van der Waals surface area contributed by atoms with E-state index in [0.29, 0.717) is 0 Å². The van der Waals surface area contributed by atoms with Crippen LogP contribution in [0.4, 0.5) is 0 Å². The normalized spacial score (nSPS) is 4.33. The first-order valence-corrected chi connectivity index (χ1v) is 1.20. The summed E-state index contributed by atoms with van der Waals surface area (Å²) in [6, 6.07) is 0. The van der Waals surface area contributed by atoms with E-state index >= 15 is 0 Å². The molecule has 0 saturated carbocycles. The Kier molecular flexibility index (Phi) is 24.8. The van der Waals surface area contributed by atoms with E-state index in [1.807, 2.05) is 0 Å². The van der Waals surface area contributed by atoms with Gasteiger partial charge in [-0.05, 0) is 13.8 Å². The molecule has 0 aliphatic carbocycles. The van der Waals surface area contributed by atoms with Crippen LogP contribution in [0, 0.1) is 0 Å². The number of Topliss-reactive ketones (excluding diaryl/α,β-unsaturated/α-hetero) is 1. The van der Waals surface area contributed by atoms with E-state index in [1.165, 1.54) is 13.8 Å². The van der Waals surface area contributed by atoms with Crippen molar-refractivity contribution in [2.75, 3.05) is 0 Å². The molecule has 0 saturated heterocycles. The number of carbonyl (C=O) groups excluding carboxylic acids is 1. The van der Waals surface area contributed by atoms with Crippen molar-refractivity contribution in [3.63, 3.8) is 0 Å². The van der Waals surface area contributed by atoms with Gasteiger partial charge in [0, 0.05) is 17.1 Å². The van der Waals surface area contributed by atoms with Crippen molar-refractivity contribution in [2.24, 2.45) is 0 Å². The van der Waals surface area contributed by atoms with Gasteiger partial charge in [0.05, 0.1) is 0 Å². The summed E-state index contributed by atoms with van der Waals surface area (Å²) in [5.74, 6) is 0.167. The summed E-state index contributed by atoms with van der Waals surface area (Å²) in [7, 11) is 0. The zero-order chi connectivity index (χ0) is 3.58. The molecule has 0 aliphatic rings. The van der Waals surface area contributed by atoms with Crippen LogP contribution in [0.1, 0.15) is 13.8 Å². The third-order valence-electron chi connectivity index (χ3n) is 0. The second kappa shape index (κ2) is 9.50. The molecule has 0 amide bonds. The fourth-order valence-corrected chi connectivity index (χ4v) is 0. The molecule has 0 aromatic heterocycles. The van der Waals surface area contributed by atoms with Crippen molar-refractivity contribution in [1.29, 1.82) is 0 Å². The van der Waals surface area contributed by atoms with Crippen LogP contribution in [0.15, 0.2) is 0 Å². The van der Waals surface area contributed by atoms with Gasteiger partial charge in [-0.1, -0.05) is 0 Å². The molecule has 3 heteroatoms. The molecule has 0 aliphatic heterocycles. The Morgan fingerprint density at radius 1 is 1.33 bits per heavy atom. The molecule has 1 nitrogen and oxygen atoms in total. The third-order valence-corrected chi connectivity index (χ3v) is 0. The van der Waals surface area contributed by atoms with Gasteiger partial charge in [-0.25, -0.2) is 0 Å². The summed E-state index contributed by atoms with van der Waals surface area (Å²) in [5.41, 5.74) is 0. The molecule has 0 heterocycles. The molecule has 0 fully saturated rings. The van der Waals surface area contributed by atoms with E-state index in [1.54, 1.807) is 0 Å². The summed E-state index contributed by atoms with van der Waals surface area (Å²) < 4.78 is 0. The van der Waals surface area contributed by atoms with Crippen molar-refractivity contribution in [2.45, 2.75) is 13.8 Å². The maximum absolute atomic E-state index is 9.44. The number of carbonyl (C=O) groups is 1. The zero-order valence-corrected chi connectivity index (χ0v) is 4.47. The third kappa shape index (κ3) is 64.4. The predicted octanol–water partition coefficient (Wildman–Crippen LogP) is -0.0557. The second-order valence-corrected chi connectivity index (χ2v) is 0.908. The molecule has 0 spiro atoms. The van der Waals surface area contributed by atoms with Crippen LogP contribution in [-0.2, 0) is 21.9 Å². The zero-order valence-electron chi connectivity index (χ0n) is 3.29. The van der Waals surface area contributed by atoms with Gasteiger partial charge in [-0.15, -0.1) is 0 Å². The number of hydrogen-bond acceptors (Lipinski definition) is 1. The first-order valence-electron chi connectivity index (χ1n) is 1.20. The molecular weight excluding hydrogens is 130 g/mol. The van der Waals surface area contributed by atoms with E-state index in [4.69, 9.17) is 0 Å². The quantitative estimate of drug-likeness (QED) is 0.427. The topological polar surface area (TPSA) is 17.1 Å². The Morgan fingerprint density at radius 2 is 1.33 bits per heavy atom. The van der Waals surface area contributed by atoms with Crippen LogP contribution >= 0.6 is 0 Å². The first kappa shape index (κ1) is 15.7. The summed E-state index contributed by atoms with van der Waals surface area (Å²) in [6.45, 7) is 3.06. The monoisotopic (exact) mass is 137 g/mol. The van der Waals surface area contributed by atoms with Crippen LogP contribution in [-0.4, -0.2) is 35.3 Å². The van der Waals surface area contributed by atoms with Gasteiger partial charge in [0.25, 0.3) is 0 Å². The van der Waals surface area contributed by atoms with Crippen LogP contribution in [0.5, 0.6) is 0 Å². The molecule has 0 atom stereocenters. The maximum atomic E-state index is 9.44. The summed E-state index contributed by atoms with van der Waals surface area (Å²) in [4.78, 5) is 9.44. The van der Waals surface area contributed by atoms with Gasteiger partial charge < -0.3 is 4.79 Å². The molecule has 33 valence electrons. The van der Waals surface area contributed by atoms with E-state index in [-0.39, 0.29) is 52.4 Å². The molecule has 6 heavy (non-hydrogen) atoms. The van der Waals surface area contributed by atoms with E-state index in [0.717, 1.165) is 0 Å². The van der Waals surface area contributed by atoms with Crippen LogP contribution in [0.25, 0.3) is 0 Å². The van der Waals surface area contributed by atoms with Gasteiger partial charge in [0.2, 0.25) is 0 Å². The van der Waals surface area contributed by atoms with E-state index in [2.05, 4.69) is 0 Å². The van der Waals surface area contributed by atoms with Crippen molar-refractivity contribution in [3.05, 3.63) is 0 Å². The van der Waals surface area contributed by atoms with E-state index < -0.39 is 0 Å². The number of rotatable bonds is 0. The average Bonchev–Trinajstić information content (AvgIpc) is 0.811. The molecule has 0 aromatic carbocycles. The molecule has 0 N–H and O–H groups in total. The Hall–Kier alpha value is 1.19. The summed E-state index contributed by atoms with van der Waals surface area (Å²) in [5, 5.41) is 0. The Morgan fingerprint density at radius 3 is 1.33 bits per heavy atom. The van der Waals surface area contributed by atoms with Gasteiger partial charge in [-0.2, -0.15) is 0 Å². The van der Waals surface area contributed by atoms with Gasteiger partial charge in [0.1, 0.15) is 5.78 Å². The molecule has 0 rings (SSSR count). The van der Waals surface area contributed by atoms with Crippen LogP contribution in [0.2, 0.25) is 0 Å². The Balaban J connectivity index is -0.0000000450. The van der Waals surface area contributed by atoms with Gasteiger partial charge in [-0.3, -0.25) is 0 Å². The van der Waals surface area contributed by atoms with E-state index in [9.17, 15) is 4.79 Å². The number of hydrogen-bond donors (Lipinski definition) is 0. The van der Waals surface area contributed by atoms with Crippen molar-refractivity contribution >= 4 is 35.3 Å². The van der Waals surface area contributed by atoms with Gasteiger partial charge in [0.15, 0.2) is 0 Å². The Labute approximate surface area is 70.6 Å². The molecule has 0 unspecified atom stereocenters. The SMILES string of the molecule is CC(C)=O.[Mn].[NaH]. The van der Waals surface area contributed by atoms with Crippen molar-refractivity contribution in [3.8, 4) is 0 Å². The van der Waals surface area contributed by atoms with Crippen LogP contribution in [0.3, 0.4) is 0 Å². The Bertz CT molecular complexity index is 33.8. The summed E-state index contributed by atoms with van der Waals surface area (Å²) in [6.07, 6.45) is 0. The first-order chi connectivity index (χ1) is 1.73. The predicted molar refractivity (Wildman–Crippen MR) is 23.5 cm³/mol.